The fourth-order valence-electron chi connectivity index (χ4n) is 4.34. The third-order valence-corrected chi connectivity index (χ3v) is 7.58. The zero-order valence-electron chi connectivity index (χ0n) is 32.5. The van der Waals surface area contributed by atoms with Crippen LogP contribution in [0.2, 0.25) is 0 Å². The van der Waals surface area contributed by atoms with E-state index in [1.54, 1.807) is 0 Å². The van der Waals surface area contributed by atoms with Gasteiger partial charge in [0, 0.05) is 39.6 Å². The number of hydrogen-bond acceptors (Lipinski definition) is 8. The van der Waals surface area contributed by atoms with Gasteiger partial charge in [0.2, 0.25) is 0 Å². The van der Waals surface area contributed by atoms with Crippen LogP contribution < -0.4 is 0 Å². The Bertz CT molecular complexity index is 483. The van der Waals surface area contributed by atoms with E-state index in [4.69, 9.17) is 39.4 Å². The van der Waals surface area contributed by atoms with Crippen molar-refractivity contribution in [3.8, 4) is 0 Å². The van der Waals surface area contributed by atoms with Gasteiger partial charge >= 0.3 is 0 Å². The summed E-state index contributed by atoms with van der Waals surface area (Å²) in [6.07, 6.45) is 21.8. The van der Waals surface area contributed by atoms with E-state index in [1.165, 1.54) is 77.0 Å². The Kier molecular flexibility index (Phi) is 55.7. The molecule has 1 saturated carbocycles. The predicted molar refractivity (Wildman–Crippen MR) is 200 cm³/mol. The van der Waals surface area contributed by atoms with Gasteiger partial charge in [-0.3, -0.25) is 0 Å². The van der Waals surface area contributed by atoms with Crippen molar-refractivity contribution in [2.24, 2.45) is 11.8 Å². The molecule has 0 radical (unpaired) electrons. The molecule has 0 aromatic rings. The van der Waals surface area contributed by atoms with Crippen molar-refractivity contribution < 1.29 is 39.4 Å². The highest BCUT2D eigenvalue weighted by molar-refractivity contribution is 4.78. The van der Waals surface area contributed by atoms with E-state index in [2.05, 4.69) is 48.1 Å². The minimum atomic E-state index is 0.139. The standard InChI is InChI=1S/C9H18O.2C7H16O.C6H10O2.C5H12O2.C5H12O/c1-2-8-3-5-9(7-10)6-4-8;1-3-5-7-8-6-4-2;1-2-3-4-5-6-7-8;1-3-6-4-7-5(2)8-6;1-2-4-7-5-3-6;1-2-3-4-5-6/h8-10H,2-7H2,1H3;3-7H2,1-2H3;8H,2-7H2,1H3;6H,2-4H2,1H3;6H,2-5H2,1H3;6H,2-5H2,1H3. The first-order valence-corrected chi connectivity index (χ1v) is 19.4. The lowest BCUT2D eigenvalue weighted by molar-refractivity contribution is 0.0928. The second-order valence-electron chi connectivity index (χ2n) is 12.2. The number of hydrogen-bond donors (Lipinski definition) is 4. The first-order valence-electron chi connectivity index (χ1n) is 19.4. The summed E-state index contributed by atoms with van der Waals surface area (Å²) >= 11 is 0. The Balaban J connectivity index is -0.000000238. The van der Waals surface area contributed by atoms with Gasteiger partial charge in [0.1, 0.15) is 12.7 Å². The maximum atomic E-state index is 8.85. The van der Waals surface area contributed by atoms with Gasteiger partial charge in [-0.2, -0.15) is 0 Å². The van der Waals surface area contributed by atoms with Crippen LogP contribution in [0.3, 0.4) is 0 Å². The molecule has 0 aromatic carbocycles. The molecule has 2 fully saturated rings. The number of unbranched alkanes of at least 4 members (excludes halogenated alkanes) is 7. The maximum Gasteiger partial charge on any atom is 0.272 e. The van der Waals surface area contributed by atoms with Crippen molar-refractivity contribution in [2.75, 3.05) is 59.5 Å². The molecule has 1 atom stereocenters. The topological polar surface area (TPSA) is 118 Å². The summed E-state index contributed by atoms with van der Waals surface area (Å²) in [5.74, 6) is 2.06. The van der Waals surface area contributed by atoms with Gasteiger partial charge in [-0.1, -0.05) is 113 Å². The molecule has 0 amide bonds. The summed E-state index contributed by atoms with van der Waals surface area (Å²) < 4.78 is 20.1. The largest absolute Gasteiger partial charge is 0.462 e. The lowest BCUT2D eigenvalue weighted by Crippen LogP contribution is -2.16. The fourth-order valence-corrected chi connectivity index (χ4v) is 4.34. The van der Waals surface area contributed by atoms with Crippen LogP contribution in [0, 0.1) is 11.8 Å². The molecule has 8 heteroatoms. The molecule has 2 aliphatic rings. The van der Waals surface area contributed by atoms with Crippen molar-refractivity contribution in [3.63, 3.8) is 0 Å². The van der Waals surface area contributed by atoms with Crippen molar-refractivity contribution in [1.29, 1.82) is 0 Å². The molecule has 0 aromatic heterocycles. The molecule has 1 saturated heterocycles. The highest BCUT2D eigenvalue weighted by Crippen LogP contribution is 2.29. The Morgan fingerprint density at radius 3 is 1.40 bits per heavy atom. The van der Waals surface area contributed by atoms with Crippen LogP contribution in [-0.2, 0) is 18.9 Å². The number of aliphatic hydroxyl groups is 4. The summed E-state index contributed by atoms with van der Waals surface area (Å²) in [5.41, 5.74) is 0. The number of rotatable bonds is 20. The van der Waals surface area contributed by atoms with Gasteiger partial charge < -0.3 is 39.4 Å². The average molecular weight is 681 g/mol. The molecule has 1 unspecified atom stereocenters. The Labute approximate surface area is 293 Å². The summed E-state index contributed by atoms with van der Waals surface area (Å²) in [5, 5.41) is 33.6. The molecule has 8 nitrogen and oxygen atoms in total. The van der Waals surface area contributed by atoms with Crippen LogP contribution in [0.1, 0.15) is 164 Å². The summed E-state index contributed by atoms with van der Waals surface area (Å²) in [7, 11) is 0. The molecule has 1 aliphatic heterocycles. The van der Waals surface area contributed by atoms with Crippen molar-refractivity contribution in [2.45, 2.75) is 170 Å². The molecule has 0 spiro atoms. The van der Waals surface area contributed by atoms with Crippen LogP contribution in [0.15, 0.2) is 12.5 Å². The quantitative estimate of drug-likeness (QED) is 0.0941. The lowest BCUT2D eigenvalue weighted by atomic mass is 9.81. The number of ether oxygens (including phenoxy) is 4. The van der Waals surface area contributed by atoms with Crippen molar-refractivity contribution in [3.05, 3.63) is 12.5 Å². The monoisotopic (exact) mass is 681 g/mol. The van der Waals surface area contributed by atoms with Crippen LogP contribution in [0.4, 0.5) is 0 Å². The van der Waals surface area contributed by atoms with Gasteiger partial charge in [-0.25, -0.2) is 0 Å². The van der Waals surface area contributed by atoms with Gasteiger partial charge in [0.15, 0.2) is 0 Å². The molecular weight excluding hydrogens is 596 g/mol. The van der Waals surface area contributed by atoms with E-state index >= 15 is 0 Å². The highest BCUT2D eigenvalue weighted by Gasteiger charge is 2.18. The minimum Gasteiger partial charge on any atom is -0.462 e. The van der Waals surface area contributed by atoms with Gasteiger partial charge in [-0.05, 0) is 69.8 Å². The molecule has 4 N–H and O–H groups in total. The third-order valence-electron chi connectivity index (χ3n) is 7.58. The Morgan fingerprint density at radius 2 is 1.04 bits per heavy atom. The summed E-state index contributed by atoms with van der Waals surface area (Å²) in [6.45, 7) is 23.6. The Hall–Kier alpha value is -0.900. The second kappa shape index (κ2) is 49.5. The molecule has 47 heavy (non-hydrogen) atoms. The normalized spacial score (nSPS) is 17.8. The van der Waals surface area contributed by atoms with E-state index < -0.39 is 0 Å². The van der Waals surface area contributed by atoms with Crippen LogP contribution in [0.25, 0.3) is 0 Å². The first kappa shape index (κ1) is 52.9. The number of aliphatic hydroxyl groups excluding tert-OH is 4. The summed E-state index contributed by atoms with van der Waals surface area (Å²) in [4.78, 5) is 0. The van der Waals surface area contributed by atoms with Gasteiger partial charge in [-0.15, -0.1) is 0 Å². The fraction of sp³-hybridized carbons (Fsp3) is 0.949. The second-order valence-corrected chi connectivity index (χ2v) is 12.2. The van der Waals surface area contributed by atoms with Crippen LogP contribution >= 0.6 is 0 Å². The molecule has 1 heterocycles. The maximum absolute atomic E-state index is 8.85. The lowest BCUT2D eigenvalue weighted by Gasteiger charge is -2.26. The molecular formula is C39H84O8. The average Bonchev–Trinajstić information content (AvgIpc) is 3.54. The van der Waals surface area contributed by atoms with Gasteiger partial charge in [0.05, 0.1) is 13.2 Å². The predicted octanol–water partition coefficient (Wildman–Crippen LogP) is 9.21. The van der Waals surface area contributed by atoms with E-state index in [0.717, 1.165) is 64.3 Å². The minimum absolute atomic E-state index is 0.139. The van der Waals surface area contributed by atoms with E-state index in [9.17, 15) is 0 Å². The molecule has 1 aliphatic carbocycles. The zero-order valence-corrected chi connectivity index (χ0v) is 32.5. The van der Waals surface area contributed by atoms with Gasteiger partial charge in [0.25, 0.3) is 5.95 Å². The summed E-state index contributed by atoms with van der Waals surface area (Å²) in [6, 6.07) is 0. The zero-order chi connectivity index (χ0) is 36.2. The smallest absolute Gasteiger partial charge is 0.272 e. The van der Waals surface area contributed by atoms with Crippen LogP contribution in [-0.4, -0.2) is 86.0 Å². The van der Waals surface area contributed by atoms with E-state index in [1.807, 2.05) is 6.92 Å². The van der Waals surface area contributed by atoms with Crippen molar-refractivity contribution in [1.82, 2.24) is 0 Å². The van der Waals surface area contributed by atoms with E-state index in [0.29, 0.717) is 44.9 Å². The SMILES string of the molecule is C=C1OCC(CC)O1.CCC1CCC(CO)CC1.CCCCCCCO.CCCCCO.CCCCOCCC.CCCOCCO. The molecule has 288 valence electrons. The molecule has 2 rings (SSSR count). The highest BCUT2D eigenvalue weighted by atomic mass is 16.7. The first-order chi connectivity index (χ1) is 22.8. The van der Waals surface area contributed by atoms with Crippen molar-refractivity contribution >= 4 is 0 Å². The molecule has 0 bridgehead atoms. The van der Waals surface area contributed by atoms with E-state index in [-0.39, 0.29) is 12.7 Å². The Morgan fingerprint density at radius 1 is 0.553 bits per heavy atom. The third kappa shape index (κ3) is 49.6. The van der Waals surface area contributed by atoms with Crippen LogP contribution in [0.5, 0.6) is 0 Å².